The summed E-state index contributed by atoms with van der Waals surface area (Å²) in [6, 6.07) is 7.29. The SMILES string of the molecule is CC#Cc1c(F)ccc2cc(C)cc(C3OC(C)(C)C(C)(C)O3)c12. The number of fused-ring (bicyclic) bond motifs is 1. The van der Waals surface area contributed by atoms with Gasteiger partial charge in [0.25, 0.3) is 0 Å². The molecule has 24 heavy (non-hydrogen) atoms. The monoisotopic (exact) mass is 326 g/mol. The average Bonchev–Trinajstić information content (AvgIpc) is 2.70. The lowest BCUT2D eigenvalue weighted by Crippen LogP contribution is -2.41. The Kier molecular flexibility index (Phi) is 3.94. The van der Waals surface area contributed by atoms with Gasteiger partial charge in [-0.1, -0.05) is 29.7 Å². The largest absolute Gasteiger partial charge is 0.339 e. The maximum Gasteiger partial charge on any atom is 0.186 e. The van der Waals surface area contributed by atoms with Crippen LogP contribution in [-0.4, -0.2) is 11.2 Å². The maximum absolute atomic E-state index is 14.4. The molecule has 0 aliphatic carbocycles. The molecular formula is C21H23FO2. The predicted octanol–water partition coefficient (Wildman–Crippen LogP) is 5.26. The van der Waals surface area contributed by atoms with Crippen molar-refractivity contribution in [3.05, 3.63) is 46.8 Å². The van der Waals surface area contributed by atoms with Gasteiger partial charge in [0.15, 0.2) is 6.29 Å². The molecule has 1 heterocycles. The van der Waals surface area contributed by atoms with Crippen molar-refractivity contribution in [2.75, 3.05) is 0 Å². The molecule has 0 unspecified atom stereocenters. The summed E-state index contributed by atoms with van der Waals surface area (Å²) in [5, 5.41) is 1.72. The van der Waals surface area contributed by atoms with Crippen LogP contribution in [0.3, 0.4) is 0 Å². The first-order chi connectivity index (χ1) is 11.2. The minimum Gasteiger partial charge on any atom is -0.339 e. The van der Waals surface area contributed by atoms with Gasteiger partial charge in [0, 0.05) is 10.9 Å². The fraction of sp³-hybridized carbons (Fsp3) is 0.429. The van der Waals surface area contributed by atoms with Crippen LogP contribution in [0.15, 0.2) is 24.3 Å². The van der Waals surface area contributed by atoms with Gasteiger partial charge in [0.2, 0.25) is 0 Å². The third-order valence-corrected chi connectivity index (χ3v) is 5.00. The van der Waals surface area contributed by atoms with Crippen LogP contribution in [-0.2, 0) is 9.47 Å². The molecule has 1 saturated heterocycles. The van der Waals surface area contributed by atoms with Crippen molar-refractivity contribution in [2.45, 2.75) is 59.0 Å². The van der Waals surface area contributed by atoms with Gasteiger partial charge in [0.1, 0.15) is 5.82 Å². The van der Waals surface area contributed by atoms with Gasteiger partial charge in [-0.05, 0) is 53.0 Å². The summed E-state index contributed by atoms with van der Waals surface area (Å²) in [6.07, 6.45) is -0.545. The summed E-state index contributed by atoms with van der Waals surface area (Å²) in [4.78, 5) is 0. The van der Waals surface area contributed by atoms with Crippen LogP contribution in [0.5, 0.6) is 0 Å². The van der Waals surface area contributed by atoms with E-state index in [1.54, 1.807) is 13.0 Å². The Balaban J connectivity index is 2.28. The first kappa shape index (κ1) is 17.0. The number of rotatable bonds is 1. The quantitative estimate of drug-likeness (QED) is 0.665. The lowest BCUT2D eigenvalue weighted by Gasteiger charge is -2.30. The highest BCUT2D eigenvalue weighted by molar-refractivity contribution is 5.92. The van der Waals surface area contributed by atoms with Gasteiger partial charge in [0.05, 0.1) is 16.8 Å². The summed E-state index contributed by atoms with van der Waals surface area (Å²) in [5.41, 5.74) is 1.42. The summed E-state index contributed by atoms with van der Waals surface area (Å²) in [6.45, 7) is 11.8. The Morgan fingerprint density at radius 3 is 2.25 bits per heavy atom. The lowest BCUT2D eigenvalue weighted by atomic mass is 9.90. The van der Waals surface area contributed by atoms with Crippen LogP contribution in [0.25, 0.3) is 10.8 Å². The first-order valence-electron chi connectivity index (χ1n) is 8.17. The van der Waals surface area contributed by atoms with Crippen molar-refractivity contribution in [1.82, 2.24) is 0 Å². The van der Waals surface area contributed by atoms with Crippen LogP contribution < -0.4 is 0 Å². The molecule has 126 valence electrons. The molecule has 1 fully saturated rings. The molecule has 1 aliphatic rings. The van der Waals surface area contributed by atoms with E-state index in [9.17, 15) is 4.39 Å². The Morgan fingerprint density at radius 1 is 1.04 bits per heavy atom. The van der Waals surface area contributed by atoms with Crippen LogP contribution in [0.4, 0.5) is 4.39 Å². The number of hydrogen-bond acceptors (Lipinski definition) is 2. The Hall–Kier alpha value is -1.89. The summed E-state index contributed by atoms with van der Waals surface area (Å²) >= 11 is 0. The smallest absolute Gasteiger partial charge is 0.186 e. The topological polar surface area (TPSA) is 18.5 Å². The Morgan fingerprint density at radius 2 is 1.67 bits per heavy atom. The van der Waals surface area contributed by atoms with Crippen LogP contribution in [0.1, 0.15) is 57.6 Å². The highest BCUT2D eigenvalue weighted by Gasteiger charge is 2.49. The van der Waals surface area contributed by atoms with E-state index in [-0.39, 0.29) is 5.82 Å². The molecular weight excluding hydrogens is 303 g/mol. The van der Waals surface area contributed by atoms with Gasteiger partial charge < -0.3 is 9.47 Å². The van der Waals surface area contributed by atoms with Crippen molar-refractivity contribution in [1.29, 1.82) is 0 Å². The van der Waals surface area contributed by atoms with Crippen molar-refractivity contribution < 1.29 is 13.9 Å². The van der Waals surface area contributed by atoms with E-state index in [1.165, 1.54) is 6.07 Å². The molecule has 0 amide bonds. The molecule has 0 spiro atoms. The number of halogens is 1. The van der Waals surface area contributed by atoms with E-state index < -0.39 is 17.5 Å². The molecule has 0 bridgehead atoms. The standard InChI is InChI=1S/C21H23FO2/c1-7-8-15-17(22)10-9-14-11-13(2)12-16(18(14)15)19-23-20(3,4)21(5,6)24-19/h9-12,19H,1-6H3. The third-order valence-electron chi connectivity index (χ3n) is 5.00. The van der Waals surface area contributed by atoms with Gasteiger partial charge in [-0.15, -0.1) is 5.92 Å². The second kappa shape index (κ2) is 5.58. The zero-order chi connectivity index (χ0) is 17.7. The third kappa shape index (κ3) is 2.60. The van der Waals surface area contributed by atoms with Crippen molar-refractivity contribution >= 4 is 10.8 Å². The fourth-order valence-corrected chi connectivity index (χ4v) is 3.03. The zero-order valence-electron chi connectivity index (χ0n) is 15.1. The molecule has 2 nitrogen and oxygen atoms in total. The van der Waals surface area contributed by atoms with E-state index in [2.05, 4.69) is 11.8 Å². The second-order valence-electron chi connectivity index (χ2n) is 7.34. The summed E-state index contributed by atoms with van der Waals surface area (Å²) in [5.74, 6) is 5.40. The second-order valence-corrected chi connectivity index (χ2v) is 7.34. The molecule has 2 aromatic rings. The Labute approximate surface area is 143 Å². The summed E-state index contributed by atoms with van der Waals surface area (Å²) < 4.78 is 26.8. The number of benzene rings is 2. The number of hydrogen-bond donors (Lipinski definition) is 0. The molecule has 3 rings (SSSR count). The minimum atomic E-state index is -0.545. The predicted molar refractivity (Wildman–Crippen MR) is 94.3 cm³/mol. The van der Waals surface area contributed by atoms with E-state index in [0.717, 1.165) is 21.9 Å². The van der Waals surface area contributed by atoms with Crippen LogP contribution in [0, 0.1) is 24.6 Å². The highest BCUT2D eigenvalue weighted by Crippen LogP contribution is 2.46. The van der Waals surface area contributed by atoms with Crippen LogP contribution in [0.2, 0.25) is 0 Å². The molecule has 1 aliphatic heterocycles. The van der Waals surface area contributed by atoms with E-state index in [1.807, 2.05) is 46.8 Å². The van der Waals surface area contributed by atoms with E-state index >= 15 is 0 Å². The maximum atomic E-state index is 14.4. The van der Waals surface area contributed by atoms with Crippen molar-refractivity contribution in [3.8, 4) is 11.8 Å². The molecule has 0 radical (unpaired) electrons. The highest BCUT2D eigenvalue weighted by atomic mass is 19.1. The Bertz CT molecular complexity index is 853. The molecule has 0 saturated carbocycles. The fourth-order valence-electron chi connectivity index (χ4n) is 3.03. The summed E-state index contributed by atoms with van der Waals surface area (Å²) in [7, 11) is 0. The molecule has 3 heteroatoms. The lowest BCUT2D eigenvalue weighted by molar-refractivity contribution is -0.0886. The van der Waals surface area contributed by atoms with E-state index in [0.29, 0.717) is 5.56 Å². The molecule has 0 N–H and O–H groups in total. The van der Waals surface area contributed by atoms with E-state index in [4.69, 9.17) is 9.47 Å². The molecule has 0 atom stereocenters. The minimum absolute atomic E-state index is 0.321. The van der Waals surface area contributed by atoms with Gasteiger partial charge in [-0.2, -0.15) is 0 Å². The zero-order valence-corrected chi connectivity index (χ0v) is 15.1. The van der Waals surface area contributed by atoms with Crippen molar-refractivity contribution in [2.24, 2.45) is 0 Å². The number of aryl methyl sites for hydroxylation is 1. The van der Waals surface area contributed by atoms with Gasteiger partial charge in [-0.3, -0.25) is 0 Å². The first-order valence-corrected chi connectivity index (χ1v) is 8.17. The normalized spacial score (nSPS) is 19.3. The van der Waals surface area contributed by atoms with Gasteiger partial charge in [-0.25, -0.2) is 4.39 Å². The molecule has 0 aromatic heterocycles. The van der Waals surface area contributed by atoms with Crippen molar-refractivity contribution in [3.63, 3.8) is 0 Å². The molecule has 2 aromatic carbocycles. The van der Waals surface area contributed by atoms with Gasteiger partial charge >= 0.3 is 0 Å². The van der Waals surface area contributed by atoms with Crippen LogP contribution >= 0.6 is 0 Å². The average molecular weight is 326 g/mol. The number of ether oxygens (including phenoxy) is 2.